The van der Waals surface area contributed by atoms with Gasteiger partial charge in [-0.25, -0.2) is 4.79 Å². The summed E-state index contributed by atoms with van der Waals surface area (Å²) in [7, 11) is 0. The molecule has 1 N–H and O–H groups in total. The average molecular weight is 346 g/mol. The number of carbonyl (C=O) groups is 2. The van der Waals surface area contributed by atoms with Crippen molar-refractivity contribution in [1.82, 2.24) is 0 Å². The summed E-state index contributed by atoms with van der Waals surface area (Å²) in [6.07, 6.45) is -0.0879. The molecule has 0 aromatic carbocycles. The molecular formula is C20H26O5. The van der Waals surface area contributed by atoms with E-state index in [0.717, 1.165) is 11.1 Å². The second kappa shape index (κ2) is 6.45. The summed E-state index contributed by atoms with van der Waals surface area (Å²) in [5.74, 6) is -1.72. The summed E-state index contributed by atoms with van der Waals surface area (Å²) in [6.45, 7) is 15.9. The largest absolute Gasteiger partial charge is 0.461 e. The molecule has 0 unspecified atom stereocenters. The van der Waals surface area contributed by atoms with Crippen LogP contribution in [-0.4, -0.2) is 35.4 Å². The van der Waals surface area contributed by atoms with Crippen molar-refractivity contribution in [3.8, 4) is 0 Å². The lowest BCUT2D eigenvalue weighted by Gasteiger charge is -2.28. The first-order chi connectivity index (χ1) is 11.8. The van der Waals surface area contributed by atoms with Crippen molar-refractivity contribution in [2.45, 2.75) is 51.4 Å². The first-order valence-electron chi connectivity index (χ1n) is 8.89. The van der Waals surface area contributed by atoms with Gasteiger partial charge in [0.05, 0.1) is 17.9 Å². The Morgan fingerprint density at radius 3 is 2.52 bits per heavy atom. The van der Waals surface area contributed by atoms with Crippen LogP contribution in [0.2, 0.25) is 0 Å². The second-order valence-corrected chi connectivity index (χ2v) is 7.55. The van der Waals surface area contributed by atoms with E-state index >= 15 is 0 Å². The van der Waals surface area contributed by atoms with Crippen molar-refractivity contribution in [2.75, 3.05) is 0 Å². The Bertz CT molecular complexity index is 648. The standard InChI is InChI=1S/C20H26O5/c1-6-9(2)19(22)24-14-8-11(4)16-15(14)10(3)7-13(21)17-12(5)20(23)25-18(16)17/h9,13-18,21H,3-8H2,1-2H3/t9-,13+,14+,15-,16+,17-,18-/m1/s1. The molecule has 3 fully saturated rings. The van der Waals surface area contributed by atoms with Crippen LogP contribution in [0.1, 0.15) is 33.1 Å². The number of esters is 2. The van der Waals surface area contributed by atoms with Gasteiger partial charge in [0.15, 0.2) is 0 Å². The molecule has 0 amide bonds. The molecule has 25 heavy (non-hydrogen) atoms. The van der Waals surface area contributed by atoms with Crippen LogP contribution < -0.4 is 0 Å². The minimum atomic E-state index is -0.777. The van der Waals surface area contributed by atoms with Crippen molar-refractivity contribution >= 4 is 11.9 Å². The summed E-state index contributed by atoms with van der Waals surface area (Å²) in [6, 6.07) is 0. The number of carbonyl (C=O) groups excluding carboxylic acids is 2. The fourth-order valence-electron chi connectivity index (χ4n) is 4.39. The van der Waals surface area contributed by atoms with Crippen LogP contribution in [0.4, 0.5) is 0 Å². The Morgan fingerprint density at radius 1 is 1.24 bits per heavy atom. The highest BCUT2D eigenvalue weighted by Gasteiger charge is 2.57. The van der Waals surface area contributed by atoms with Crippen LogP contribution in [0.3, 0.4) is 0 Å². The van der Waals surface area contributed by atoms with Crippen molar-refractivity contribution < 1.29 is 24.2 Å². The Hall–Kier alpha value is -1.88. The summed E-state index contributed by atoms with van der Waals surface area (Å²) in [5.41, 5.74) is 2.00. The molecule has 1 aliphatic heterocycles. The van der Waals surface area contributed by atoms with Crippen LogP contribution in [0, 0.1) is 23.7 Å². The molecule has 0 radical (unpaired) electrons. The Morgan fingerprint density at radius 2 is 1.88 bits per heavy atom. The van der Waals surface area contributed by atoms with E-state index in [-0.39, 0.29) is 29.8 Å². The van der Waals surface area contributed by atoms with Crippen LogP contribution in [0.25, 0.3) is 0 Å². The van der Waals surface area contributed by atoms with E-state index in [1.165, 1.54) is 0 Å². The molecule has 0 aromatic heterocycles. The van der Waals surface area contributed by atoms with Gasteiger partial charge < -0.3 is 14.6 Å². The Kier molecular flexibility index (Phi) is 4.62. The molecule has 1 saturated heterocycles. The summed E-state index contributed by atoms with van der Waals surface area (Å²) >= 11 is 0. The monoisotopic (exact) mass is 346 g/mol. The quantitative estimate of drug-likeness (QED) is 0.483. The Labute approximate surface area is 148 Å². The van der Waals surface area contributed by atoms with Gasteiger partial charge in [-0.3, -0.25) is 4.79 Å². The minimum absolute atomic E-state index is 0.172. The van der Waals surface area contributed by atoms with E-state index < -0.39 is 24.1 Å². The zero-order valence-corrected chi connectivity index (χ0v) is 14.9. The first kappa shape index (κ1) is 17.9. The molecule has 0 spiro atoms. The smallest absolute Gasteiger partial charge is 0.334 e. The second-order valence-electron chi connectivity index (χ2n) is 7.55. The average Bonchev–Trinajstić information content (AvgIpc) is 2.99. The van der Waals surface area contributed by atoms with Crippen molar-refractivity contribution in [1.29, 1.82) is 0 Å². The van der Waals surface area contributed by atoms with Gasteiger partial charge in [-0.05, 0) is 12.8 Å². The maximum absolute atomic E-state index is 12.3. The maximum atomic E-state index is 12.3. The predicted octanol–water partition coefficient (Wildman–Crippen LogP) is 2.56. The molecular weight excluding hydrogens is 320 g/mol. The molecule has 136 valence electrons. The van der Waals surface area contributed by atoms with E-state index in [1.807, 2.05) is 13.8 Å². The number of ether oxygens (including phenoxy) is 2. The summed E-state index contributed by atoms with van der Waals surface area (Å²) in [4.78, 5) is 24.3. The zero-order chi connectivity index (χ0) is 18.5. The van der Waals surface area contributed by atoms with Gasteiger partial charge in [0.1, 0.15) is 12.2 Å². The van der Waals surface area contributed by atoms with Crippen LogP contribution in [0.5, 0.6) is 0 Å². The highest BCUT2D eigenvalue weighted by Crippen LogP contribution is 2.52. The van der Waals surface area contributed by atoms with Gasteiger partial charge in [0.2, 0.25) is 0 Å². The third-order valence-electron chi connectivity index (χ3n) is 5.98. The van der Waals surface area contributed by atoms with Gasteiger partial charge >= 0.3 is 11.9 Å². The lowest BCUT2D eigenvalue weighted by Crippen LogP contribution is -2.35. The predicted molar refractivity (Wildman–Crippen MR) is 92.3 cm³/mol. The molecule has 5 nitrogen and oxygen atoms in total. The highest BCUT2D eigenvalue weighted by molar-refractivity contribution is 5.91. The number of fused-ring (bicyclic) bond motifs is 3. The van der Waals surface area contributed by atoms with E-state index in [1.54, 1.807) is 0 Å². The molecule has 2 aliphatic carbocycles. The van der Waals surface area contributed by atoms with Gasteiger partial charge in [-0.2, -0.15) is 0 Å². The maximum Gasteiger partial charge on any atom is 0.334 e. The van der Waals surface area contributed by atoms with Crippen LogP contribution in [-0.2, 0) is 19.1 Å². The lowest BCUT2D eigenvalue weighted by molar-refractivity contribution is -0.156. The molecule has 1 heterocycles. The third kappa shape index (κ3) is 2.84. The highest BCUT2D eigenvalue weighted by atomic mass is 16.6. The van der Waals surface area contributed by atoms with E-state index in [4.69, 9.17) is 9.47 Å². The molecule has 0 bridgehead atoms. The normalized spacial score (nSPS) is 38.7. The van der Waals surface area contributed by atoms with Crippen molar-refractivity contribution in [3.05, 3.63) is 36.5 Å². The third-order valence-corrected chi connectivity index (χ3v) is 5.98. The fourth-order valence-corrected chi connectivity index (χ4v) is 4.39. The van der Waals surface area contributed by atoms with Gasteiger partial charge in [0.25, 0.3) is 0 Å². The van der Waals surface area contributed by atoms with E-state index in [2.05, 4.69) is 19.7 Å². The number of aliphatic hydroxyl groups excluding tert-OH is 1. The zero-order valence-electron chi connectivity index (χ0n) is 14.9. The van der Waals surface area contributed by atoms with Crippen LogP contribution >= 0.6 is 0 Å². The van der Waals surface area contributed by atoms with Crippen LogP contribution in [0.15, 0.2) is 36.5 Å². The van der Waals surface area contributed by atoms with Crippen molar-refractivity contribution in [3.63, 3.8) is 0 Å². The van der Waals surface area contributed by atoms with Crippen molar-refractivity contribution in [2.24, 2.45) is 23.7 Å². The molecule has 7 atom stereocenters. The summed E-state index contributed by atoms with van der Waals surface area (Å²) < 4.78 is 11.3. The first-order valence-corrected chi connectivity index (χ1v) is 8.89. The lowest BCUT2D eigenvalue weighted by atomic mass is 9.81. The Balaban J connectivity index is 1.91. The molecule has 0 aromatic rings. The number of hydrogen-bond donors (Lipinski definition) is 1. The molecule has 3 aliphatic rings. The molecule has 3 rings (SSSR count). The summed E-state index contributed by atoms with van der Waals surface area (Å²) in [5, 5.41) is 10.6. The minimum Gasteiger partial charge on any atom is -0.461 e. The SMILES string of the molecule is C=C1C[C@H](OC(=O)[C@H](C)CC)[C@H]2C(=C)C[C@H](O)[C@H]3C(=C)C(=O)O[C@@H]3[C@@H]12. The van der Waals surface area contributed by atoms with E-state index in [0.29, 0.717) is 24.8 Å². The van der Waals surface area contributed by atoms with Gasteiger partial charge in [-0.15, -0.1) is 0 Å². The molecule has 5 heteroatoms. The molecule has 2 saturated carbocycles. The number of hydrogen-bond acceptors (Lipinski definition) is 5. The fraction of sp³-hybridized carbons (Fsp3) is 0.600. The van der Waals surface area contributed by atoms with E-state index in [9.17, 15) is 14.7 Å². The topological polar surface area (TPSA) is 72.8 Å². The number of rotatable bonds is 3. The van der Waals surface area contributed by atoms with Gasteiger partial charge in [0, 0.05) is 23.8 Å². The van der Waals surface area contributed by atoms with Gasteiger partial charge in [-0.1, -0.05) is 44.7 Å². The number of aliphatic hydroxyl groups is 1.